The van der Waals surface area contributed by atoms with E-state index in [0.29, 0.717) is 26.1 Å². The summed E-state index contributed by atoms with van der Waals surface area (Å²) in [6.45, 7) is 3.22. The highest BCUT2D eigenvalue weighted by Gasteiger charge is 2.36. The lowest BCUT2D eigenvalue weighted by Crippen LogP contribution is -2.50. The number of benzene rings is 1. The molecule has 136 valence electrons. The zero-order valence-corrected chi connectivity index (χ0v) is 14.3. The van der Waals surface area contributed by atoms with Gasteiger partial charge in [0.2, 0.25) is 5.91 Å². The van der Waals surface area contributed by atoms with E-state index < -0.39 is 0 Å². The lowest BCUT2D eigenvalue weighted by Gasteiger charge is -2.33. The van der Waals surface area contributed by atoms with E-state index in [9.17, 15) is 14.0 Å². The Balaban J connectivity index is 1.58. The van der Waals surface area contributed by atoms with Crippen molar-refractivity contribution in [3.8, 4) is 0 Å². The van der Waals surface area contributed by atoms with Crippen LogP contribution in [0.4, 0.5) is 4.39 Å². The van der Waals surface area contributed by atoms with Crippen molar-refractivity contribution in [2.75, 3.05) is 19.7 Å². The number of carbonyl (C=O) groups excluding carboxylic acids is 2. The molecular weight excluding hydrogens is 325 g/mol. The Morgan fingerprint density at radius 3 is 2.76 bits per heavy atom. The van der Waals surface area contributed by atoms with Crippen LogP contribution in [0.3, 0.4) is 0 Å². The first-order valence-corrected chi connectivity index (χ1v) is 8.80. The number of piperidine rings is 1. The number of carbonyl (C=O) groups is 2. The maximum Gasteiger partial charge on any atom is 0.310 e. The number of esters is 1. The molecule has 0 radical (unpaired) electrons. The van der Waals surface area contributed by atoms with E-state index in [0.717, 1.165) is 18.4 Å². The molecule has 1 amide bonds. The average Bonchev–Trinajstić information content (AvgIpc) is 3.12. The van der Waals surface area contributed by atoms with Gasteiger partial charge in [0.1, 0.15) is 11.9 Å². The monoisotopic (exact) mass is 349 g/mol. The van der Waals surface area contributed by atoms with E-state index in [1.165, 1.54) is 12.1 Å². The van der Waals surface area contributed by atoms with Gasteiger partial charge in [-0.3, -0.25) is 9.59 Å². The van der Waals surface area contributed by atoms with Crippen LogP contribution in [0.5, 0.6) is 0 Å². The number of nitrogens with one attached hydrogen (secondary N) is 2. The van der Waals surface area contributed by atoms with Crippen LogP contribution in [-0.4, -0.2) is 42.5 Å². The summed E-state index contributed by atoms with van der Waals surface area (Å²) in [5.41, 5.74) is 7.08. The lowest BCUT2D eigenvalue weighted by molar-refractivity contribution is -0.151. The van der Waals surface area contributed by atoms with E-state index in [1.54, 1.807) is 24.0 Å². The number of nitrogens with zero attached hydrogens (tertiary/aromatic N) is 1. The van der Waals surface area contributed by atoms with E-state index in [1.807, 2.05) is 0 Å². The Hall–Kier alpha value is -1.99. The van der Waals surface area contributed by atoms with Crippen LogP contribution in [0, 0.1) is 11.7 Å². The molecule has 2 heterocycles. The summed E-state index contributed by atoms with van der Waals surface area (Å²) in [5, 5.41) is 0. The fourth-order valence-corrected chi connectivity index (χ4v) is 3.48. The molecule has 2 N–H and O–H groups in total. The van der Waals surface area contributed by atoms with E-state index in [4.69, 9.17) is 4.74 Å². The molecule has 1 aromatic rings. The predicted molar refractivity (Wildman–Crippen MR) is 89.8 cm³/mol. The van der Waals surface area contributed by atoms with Gasteiger partial charge >= 0.3 is 5.97 Å². The fourth-order valence-electron chi connectivity index (χ4n) is 3.48. The Labute approximate surface area is 146 Å². The number of likely N-dealkylation sites (tertiary alicyclic amines) is 1. The molecule has 0 saturated carbocycles. The Morgan fingerprint density at radius 1 is 1.28 bits per heavy atom. The van der Waals surface area contributed by atoms with Crippen molar-refractivity contribution in [3.05, 3.63) is 35.6 Å². The zero-order valence-electron chi connectivity index (χ0n) is 14.3. The number of hydrazine groups is 1. The minimum absolute atomic E-state index is 0.00823. The molecule has 0 bridgehead atoms. The van der Waals surface area contributed by atoms with Gasteiger partial charge in [0.15, 0.2) is 0 Å². The summed E-state index contributed by atoms with van der Waals surface area (Å²) in [5.74, 6) is -0.742. The molecule has 25 heavy (non-hydrogen) atoms. The maximum atomic E-state index is 13.0. The second kappa shape index (κ2) is 7.93. The lowest BCUT2D eigenvalue weighted by atomic mass is 9.96. The molecule has 0 spiro atoms. The van der Waals surface area contributed by atoms with Crippen molar-refractivity contribution in [2.24, 2.45) is 5.92 Å². The minimum Gasteiger partial charge on any atom is -0.466 e. The molecule has 1 aromatic carbocycles. The third-order valence-electron chi connectivity index (χ3n) is 4.83. The molecule has 0 aromatic heterocycles. The molecule has 6 nitrogen and oxygen atoms in total. The summed E-state index contributed by atoms with van der Waals surface area (Å²) in [6.07, 6.45) is 2.15. The standard InChI is InChI=1S/C18H24FN3O3/c1-2-25-18(24)13-4-3-9-22(11-13)17(23)16-10-15(20-21-16)12-5-7-14(19)8-6-12/h5-8,13,15-16,20-21H,2-4,9-11H2,1H3. The minimum atomic E-state index is -0.351. The first-order valence-electron chi connectivity index (χ1n) is 8.80. The summed E-state index contributed by atoms with van der Waals surface area (Å²) < 4.78 is 18.1. The molecule has 3 atom stereocenters. The van der Waals surface area contributed by atoms with Crippen molar-refractivity contribution >= 4 is 11.9 Å². The van der Waals surface area contributed by atoms with Gasteiger partial charge in [-0.15, -0.1) is 0 Å². The van der Waals surface area contributed by atoms with Crippen molar-refractivity contribution in [2.45, 2.75) is 38.3 Å². The largest absolute Gasteiger partial charge is 0.466 e. The topological polar surface area (TPSA) is 70.7 Å². The predicted octanol–water partition coefficient (Wildman–Crippen LogP) is 1.53. The van der Waals surface area contributed by atoms with Gasteiger partial charge < -0.3 is 9.64 Å². The van der Waals surface area contributed by atoms with E-state index in [-0.39, 0.29) is 35.7 Å². The highest BCUT2D eigenvalue weighted by Crippen LogP contribution is 2.25. The number of amides is 1. The van der Waals surface area contributed by atoms with Crippen LogP contribution in [0.2, 0.25) is 0 Å². The quantitative estimate of drug-likeness (QED) is 0.807. The molecule has 2 saturated heterocycles. The van der Waals surface area contributed by atoms with Crippen LogP contribution in [0.1, 0.15) is 37.8 Å². The van der Waals surface area contributed by atoms with Gasteiger partial charge in [0.25, 0.3) is 0 Å². The van der Waals surface area contributed by atoms with Gasteiger partial charge in [-0.1, -0.05) is 12.1 Å². The molecule has 2 aliphatic heterocycles. The fraction of sp³-hybridized carbons (Fsp3) is 0.556. The molecule has 2 aliphatic rings. The van der Waals surface area contributed by atoms with Crippen molar-refractivity contribution < 1.29 is 18.7 Å². The van der Waals surface area contributed by atoms with E-state index in [2.05, 4.69) is 10.9 Å². The summed E-state index contributed by atoms with van der Waals surface area (Å²) in [4.78, 5) is 26.4. The SMILES string of the molecule is CCOC(=O)C1CCCN(C(=O)C2CC(c3ccc(F)cc3)NN2)C1. The Bertz CT molecular complexity index is 622. The van der Waals surface area contributed by atoms with Crippen LogP contribution in [0.15, 0.2) is 24.3 Å². The smallest absolute Gasteiger partial charge is 0.310 e. The second-order valence-corrected chi connectivity index (χ2v) is 6.56. The zero-order chi connectivity index (χ0) is 17.8. The van der Waals surface area contributed by atoms with Gasteiger partial charge in [-0.25, -0.2) is 15.2 Å². The van der Waals surface area contributed by atoms with Crippen molar-refractivity contribution in [3.63, 3.8) is 0 Å². The second-order valence-electron chi connectivity index (χ2n) is 6.56. The van der Waals surface area contributed by atoms with Gasteiger partial charge in [-0.05, 0) is 43.9 Å². The van der Waals surface area contributed by atoms with Crippen LogP contribution < -0.4 is 10.9 Å². The first-order chi connectivity index (χ1) is 12.1. The number of hydrogen-bond donors (Lipinski definition) is 2. The first kappa shape index (κ1) is 17.8. The maximum absolute atomic E-state index is 13.0. The molecular formula is C18H24FN3O3. The summed E-state index contributed by atoms with van der Waals surface area (Å²) in [6, 6.07) is 5.89. The Kier molecular flexibility index (Phi) is 5.65. The molecule has 3 rings (SSSR count). The summed E-state index contributed by atoms with van der Waals surface area (Å²) in [7, 11) is 0. The average molecular weight is 349 g/mol. The number of hydrogen-bond acceptors (Lipinski definition) is 5. The Morgan fingerprint density at radius 2 is 2.04 bits per heavy atom. The van der Waals surface area contributed by atoms with Crippen LogP contribution >= 0.6 is 0 Å². The molecule has 3 unspecified atom stereocenters. The van der Waals surface area contributed by atoms with Crippen molar-refractivity contribution in [1.82, 2.24) is 15.8 Å². The van der Waals surface area contributed by atoms with Gasteiger partial charge in [0, 0.05) is 19.1 Å². The van der Waals surface area contributed by atoms with Gasteiger partial charge in [-0.2, -0.15) is 0 Å². The van der Waals surface area contributed by atoms with Crippen molar-refractivity contribution in [1.29, 1.82) is 0 Å². The van der Waals surface area contributed by atoms with Crippen LogP contribution in [-0.2, 0) is 14.3 Å². The highest BCUT2D eigenvalue weighted by molar-refractivity contribution is 5.83. The third-order valence-corrected chi connectivity index (χ3v) is 4.83. The molecule has 7 heteroatoms. The molecule has 2 fully saturated rings. The van der Waals surface area contributed by atoms with Crippen LogP contribution in [0.25, 0.3) is 0 Å². The normalized spacial score (nSPS) is 26.5. The number of halogens is 1. The number of ether oxygens (including phenoxy) is 1. The highest BCUT2D eigenvalue weighted by atomic mass is 19.1. The molecule has 0 aliphatic carbocycles. The third kappa shape index (κ3) is 4.16. The summed E-state index contributed by atoms with van der Waals surface area (Å²) >= 11 is 0. The van der Waals surface area contributed by atoms with Gasteiger partial charge in [0.05, 0.1) is 12.5 Å². The number of rotatable bonds is 4. The van der Waals surface area contributed by atoms with E-state index >= 15 is 0 Å².